The molecule has 148 valence electrons. The van der Waals surface area contributed by atoms with Gasteiger partial charge < -0.3 is 20.1 Å². The largest absolute Gasteiger partial charge is 0.454 e. The van der Waals surface area contributed by atoms with Gasteiger partial charge >= 0.3 is 0 Å². The molecule has 2 aromatic carbocycles. The number of hydrogen-bond acceptors (Lipinski definition) is 6. The zero-order chi connectivity index (χ0) is 19.5. The fourth-order valence-corrected chi connectivity index (χ4v) is 4.43. The summed E-state index contributed by atoms with van der Waals surface area (Å²) in [7, 11) is 0. The third-order valence-corrected chi connectivity index (χ3v) is 6.17. The number of carbonyl (C=O) groups is 1. The predicted octanol–water partition coefficient (Wildman–Crippen LogP) is 2.82. The van der Waals surface area contributed by atoms with Gasteiger partial charge in [0.05, 0.1) is 5.25 Å². The molecule has 2 aliphatic heterocycles. The van der Waals surface area contributed by atoms with Crippen LogP contribution < -0.4 is 15.2 Å². The van der Waals surface area contributed by atoms with Crippen LogP contribution in [0.25, 0.3) is 0 Å². The highest BCUT2D eigenvalue weighted by Crippen LogP contribution is 2.33. The molecule has 1 fully saturated rings. The lowest BCUT2D eigenvalue weighted by Gasteiger charge is -2.36. The van der Waals surface area contributed by atoms with Crippen molar-refractivity contribution in [1.29, 1.82) is 0 Å². The Bertz CT molecular complexity index is 835. The lowest BCUT2D eigenvalue weighted by atomic mass is 10.1. The van der Waals surface area contributed by atoms with E-state index in [1.807, 2.05) is 48.2 Å². The number of anilines is 1. The van der Waals surface area contributed by atoms with Crippen LogP contribution in [0.4, 0.5) is 5.69 Å². The van der Waals surface area contributed by atoms with Crippen LogP contribution in [0.5, 0.6) is 11.5 Å². The third kappa shape index (κ3) is 4.36. The lowest BCUT2D eigenvalue weighted by molar-refractivity contribution is -0.132. The monoisotopic (exact) mass is 399 g/mol. The maximum Gasteiger partial charge on any atom is 0.235 e. The van der Waals surface area contributed by atoms with Gasteiger partial charge in [-0.3, -0.25) is 9.69 Å². The Hall–Kier alpha value is -2.38. The Morgan fingerprint density at radius 2 is 1.79 bits per heavy atom. The number of nitrogens with two attached hydrogens (primary N) is 1. The smallest absolute Gasteiger partial charge is 0.235 e. The number of ether oxygens (including phenoxy) is 2. The van der Waals surface area contributed by atoms with Gasteiger partial charge in [-0.05, 0) is 48.9 Å². The lowest BCUT2D eigenvalue weighted by Crippen LogP contribution is -2.50. The van der Waals surface area contributed by atoms with Gasteiger partial charge in [0.1, 0.15) is 0 Å². The molecule has 1 amide bonds. The third-order valence-electron chi connectivity index (χ3n) is 5.07. The fraction of sp³-hybridized carbons (Fsp3) is 0.381. The minimum Gasteiger partial charge on any atom is -0.454 e. The first-order valence-electron chi connectivity index (χ1n) is 9.50. The van der Waals surface area contributed by atoms with E-state index in [9.17, 15) is 4.79 Å². The topological polar surface area (TPSA) is 68.0 Å². The van der Waals surface area contributed by atoms with Crippen LogP contribution in [0, 0.1) is 0 Å². The summed E-state index contributed by atoms with van der Waals surface area (Å²) in [6.07, 6.45) is 0. The molecule has 28 heavy (non-hydrogen) atoms. The van der Waals surface area contributed by atoms with Crippen LogP contribution >= 0.6 is 11.8 Å². The van der Waals surface area contributed by atoms with Crippen molar-refractivity contribution in [3.05, 3.63) is 48.0 Å². The van der Waals surface area contributed by atoms with Crippen molar-refractivity contribution in [2.45, 2.75) is 23.6 Å². The number of hydrogen-bond donors (Lipinski definition) is 1. The number of piperazine rings is 1. The van der Waals surface area contributed by atoms with E-state index in [0.29, 0.717) is 6.79 Å². The van der Waals surface area contributed by atoms with Gasteiger partial charge in [0.2, 0.25) is 12.7 Å². The molecule has 1 unspecified atom stereocenters. The standard InChI is InChI=1S/C21H25N3O3S/c1-15(28-18-5-3-17(22)4-6-18)21(25)24-10-8-23(9-11-24)13-16-2-7-19-20(12-16)27-14-26-19/h2-7,12,15H,8-11,13-14,22H2,1H3. The van der Waals surface area contributed by atoms with E-state index >= 15 is 0 Å². The summed E-state index contributed by atoms with van der Waals surface area (Å²) in [5.41, 5.74) is 7.67. The molecule has 0 saturated carbocycles. The second kappa shape index (κ2) is 8.32. The van der Waals surface area contributed by atoms with Gasteiger partial charge in [-0.15, -0.1) is 11.8 Å². The summed E-state index contributed by atoms with van der Waals surface area (Å²) >= 11 is 1.58. The molecule has 6 nitrogen and oxygen atoms in total. The highest BCUT2D eigenvalue weighted by molar-refractivity contribution is 8.00. The number of benzene rings is 2. The number of fused-ring (bicyclic) bond motifs is 1. The molecular weight excluding hydrogens is 374 g/mol. The number of amides is 1. The van der Waals surface area contributed by atoms with Crippen molar-refractivity contribution in [2.24, 2.45) is 0 Å². The van der Waals surface area contributed by atoms with Gasteiger partial charge in [-0.25, -0.2) is 0 Å². The van der Waals surface area contributed by atoms with Crippen LogP contribution in [0.1, 0.15) is 12.5 Å². The highest BCUT2D eigenvalue weighted by Gasteiger charge is 2.26. The van der Waals surface area contributed by atoms with E-state index in [0.717, 1.165) is 54.8 Å². The Labute approximate surface area is 169 Å². The van der Waals surface area contributed by atoms with Crippen molar-refractivity contribution < 1.29 is 14.3 Å². The maximum atomic E-state index is 12.8. The predicted molar refractivity (Wildman–Crippen MR) is 111 cm³/mol. The minimum absolute atomic E-state index is 0.107. The molecule has 0 aromatic heterocycles. The number of rotatable bonds is 5. The van der Waals surface area contributed by atoms with Gasteiger partial charge in [0, 0.05) is 43.3 Å². The van der Waals surface area contributed by atoms with Gasteiger partial charge in [-0.1, -0.05) is 6.07 Å². The molecule has 0 radical (unpaired) electrons. The number of thioether (sulfide) groups is 1. The molecule has 1 saturated heterocycles. The van der Waals surface area contributed by atoms with Crippen molar-refractivity contribution in [2.75, 3.05) is 38.7 Å². The number of nitrogen functional groups attached to an aromatic ring is 1. The molecule has 1 atom stereocenters. The minimum atomic E-state index is -0.107. The molecule has 7 heteroatoms. The van der Waals surface area contributed by atoms with E-state index in [2.05, 4.69) is 11.0 Å². The summed E-state index contributed by atoms with van der Waals surface area (Å²) in [6, 6.07) is 13.8. The van der Waals surface area contributed by atoms with E-state index in [1.54, 1.807) is 11.8 Å². The zero-order valence-corrected chi connectivity index (χ0v) is 16.8. The maximum absolute atomic E-state index is 12.8. The summed E-state index contributed by atoms with van der Waals surface area (Å²) < 4.78 is 10.8. The first-order valence-corrected chi connectivity index (χ1v) is 10.4. The summed E-state index contributed by atoms with van der Waals surface area (Å²) in [5.74, 6) is 1.83. The van der Waals surface area contributed by atoms with Gasteiger partial charge in [0.15, 0.2) is 11.5 Å². The number of nitrogens with zero attached hydrogens (tertiary/aromatic N) is 2. The van der Waals surface area contributed by atoms with Gasteiger partial charge in [0.25, 0.3) is 0 Å². The van der Waals surface area contributed by atoms with Crippen LogP contribution in [0.2, 0.25) is 0 Å². The average molecular weight is 400 g/mol. The van der Waals surface area contributed by atoms with E-state index < -0.39 is 0 Å². The SMILES string of the molecule is CC(Sc1ccc(N)cc1)C(=O)N1CCN(Cc2ccc3c(c2)OCO3)CC1. The second-order valence-electron chi connectivity index (χ2n) is 7.12. The van der Waals surface area contributed by atoms with Crippen LogP contribution in [-0.2, 0) is 11.3 Å². The van der Waals surface area contributed by atoms with Crippen LogP contribution in [-0.4, -0.2) is 53.9 Å². The molecule has 2 aliphatic rings. The zero-order valence-electron chi connectivity index (χ0n) is 16.0. The van der Waals surface area contributed by atoms with Crippen molar-refractivity contribution in [3.63, 3.8) is 0 Å². The molecule has 2 aromatic rings. The van der Waals surface area contributed by atoms with Crippen LogP contribution in [0.15, 0.2) is 47.4 Å². The normalized spacial score (nSPS) is 17.5. The van der Waals surface area contributed by atoms with Crippen molar-refractivity contribution in [1.82, 2.24) is 9.80 Å². The van der Waals surface area contributed by atoms with Crippen molar-refractivity contribution >= 4 is 23.4 Å². The highest BCUT2D eigenvalue weighted by atomic mass is 32.2. The number of carbonyl (C=O) groups excluding carboxylic acids is 1. The van der Waals surface area contributed by atoms with E-state index in [-0.39, 0.29) is 11.2 Å². The van der Waals surface area contributed by atoms with Crippen molar-refractivity contribution in [3.8, 4) is 11.5 Å². The molecule has 0 bridgehead atoms. The average Bonchev–Trinajstić information content (AvgIpc) is 3.17. The molecular formula is C21H25N3O3S. The Morgan fingerprint density at radius 1 is 1.07 bits per heavy atom. The molecule has 0 spiro atoms. The molecule has 4 rings (SSSR count). The summed E-state index contributed by atoms with van der Waals surface area (Å²) in [6.45, 7) is 6.40. The van der Waals surface area contributed by atoms with Crippen LogP contribution in [0.3, 0.4) is 0 Å². The first kappa shape index (κ1) is 19.0. The Kier molecular flexibility index (Phi) is 5.64. The second-order valence-corrected chi connectivity index (χ2v) is 8.53. The molecule has 2 heterocycles. The molecule has 2 N–H and O–H groups in total. The fourth-order valence-electron chi connectivity index (χ4n) is 3.48. The van der Waals surface area contributed by atoms with Gasteiger partial charge in [-0.2, -0.15) is 0 Å². The Balaban J connectivity index is 1.27. The summed E-state index contributed by atoms with van der Waals surface area (Å²) in [4.78, 5) is 18.2. The molecule has 0 aliphatic carbocycles. The first-order chi connectivity index (χ1) is 13.6. The van der Waals surface area contributed by atoms with E-state index in [1.165, 1.54) is 5.56 Å². The summed E-state index contributed by atoms with van der Waals surface area (Å²) in [5, 5.41) is -0.107. The van der Waals surface area contributed by atoms with E-state index in [4.69, 9.17) is 15.2 Å². The Morgan fingerprint density at radius 3 is 2.54 bits per heavy atom. The quantitative estimate of drug-likeness (QED) is 0.616.